The van der Waals surface area contributed by atoms with Gasteiger partial charge in [0, 0.05) is 42.6 Å². The van der Waals surface area contributed by atoms with Crippen molar-refractivity contribution in [3.63, 3.8) is 0 Å². The number of aromatic nitrogens is 3. The lowest BCUT2D eigenvalue weighted by atomic mass is 10.0. The summed E-state index contributed by atoms with van der Waals surface area (Å²) in [7, 11) is 0. The fourth-order valence-electron chi connectivity index (χ4n) is 5.60. The van der Waals surface area contributed by atoms with Gasteiger partial charge >= 0.3 is 5.97 Å². The van der Waals surface area contributed by atoms with Crippen molar-refractivity contribution in [3.8, 4) is 17.7 Å². The number of ether oxygens (including phenoxy) is 2. The molecule has 2 aromatic carbocycles. The number of carboxylic acid groups (broad SMARTS) is 1. The summed E-state index contributed by atoms with van der Waals surface area (Å²) in [6, 6.07) is 14.0. The van der Waals surface area contributed by atoms with E-state index in [-0.39, 0.29) is 46.0 Å². The minimum absolute atomic E-state index is 0.00377. The number of fused-ring (bicyclic) bond motifs is 1. The number of halogens is 3. The summed E-state index contributed by atoms with van der Waals surface area (Å²) >= 11 is 5.78. The smallest absolute Gasteiger partial charge is 0.335 e. The Labute approximate surface area is 257 Å². The van der Waals surface area contributed by atoms with Gasteiger partial charge in [-0.2, -0.15) is 5.26 Å². The van der Waals surface area contributed by atoms with Crippen molar-refractivity contribution in [1.82, 2.24) is 19.4 Å². The van der Waals surface area contributed by atoms with Crippen LogP contribution in [-0.2, 0) is 19.7 Å². The van der Waals surface area contributed by atoms with Crippen LogP contribution in [0.5, 0.6) is 11.6 Å². The SMILES string of the molecule is N#CCC1(Cn2c(CN3CCC(Oc4ccc(F)c(COc5ccc(Cl)cc5F)n4)CC3)nc3ccc(C(=O)O)cc32)CC1. The molecule has 1 N–H and O–H groups in total. The molecule has 0 atom stereocenters. The minimum atomic E-state index is -0.993. The number of rotatable bonds is 11. The molecule has 1 saturated carbocycles. The summed E-state index contributed by atoms with van der Waals surface area (Å²) < 4.78 is 42.1. The highest BCUT2D eigenvalue weighted by molar-refractivity contribution is 6.30. The predicted octanol–water partition coefficient (Wildman–Crippen LogP) is 6.38. The van der Waals surface area contributed by atoms with Crippen LogP contribution in [0.3, 0.4) is 0 Å². The van der Waals surface area contributed by atoms with E-state index in [1.165, 1.54) is 24.3 Å². The molecule has 0 bridgehead atoms. The molecule has 228 valence electrons. The maximum absolute atomic E-state index is 14.4. The first-order valence-corrected chi connectivity index (χ1v) is 14.8. The third-order valence-corrected chi connectivity index (χ3v) is 8.55. The summed E-state index contributed by atoms with van der Waals surface area (Å²) in [6.07, 6.45) is 3.67. The van der Waals surface area contributed by atoms with Crippen LogP contribution in [0.1, 0.15) is 54.0 Å². The van der Waals surface area contributed by atoms with Crippen molar-refractivity contribution in [3.05, 3.63) is 82.3 Å². The number of nitriles is 1. The van der Waals surface area contributed by atoms with E-state index in [2.05, 4.69) is 20.5 Å². The lowest BCUT2D eigenvalue weighted by Gasteiger charge is -2.32. The average molecular weight is 622 g/mol. The number of aromatic carboxylic acids is 1. The summed E-state index contributed by atoms with van der Waals surface area (Å²) in [5, 5.41) is 19.1. The zero-order valence-electron chi connectivity index (χ0n) is 23.8. The number of imidazole rings is 1. The van der Waals surface area contributed by atoms with Crippen LogP contribution in [0.25, 0.3) is 11.0 Å². The van der Waals surface area contributed by atoms with E-state index in [0.29, 0.717) is 32.4 Å². The van der Waals surface area contributed by atoms with E-state index in [0.717, 1.165) is 48.9 Å². The highest BCUT2D eigenvalue weighted by atomic mass is 35.5. The molecular formula is C32H30ClF2N5O4. The Morgan fingerprint density at radius 3 is 2.59 bits per heavy atom. The van der Waals surface area contributed by atoms with Crippen LogP contribution < -0.4 is 9.47 Å². The van der Waals surface area contributed by atoms with Crippen LogP contribution in [-0.4, -0.2) is 49.7 Å². The number of likely N-dealkylation sites (tertiary alicyclic amines) is 1. The topological polar surface area (TPSA) is 114 Å². The van der Waals surface area contributed by atoms with Gasteiger partial charge in [0.1, 0.15) is 30.0 Å². The Bertz CT molecular complexity index is 1740. The van der Waals surface area contributed by atoms with Crippen LogP contribution in [0, 0.1) is 28.4 Å². The molecule has 0 spiro atoms. The maximum Gasteiger partial charge on any atom is 0.335 e. The largest absolute Gasteiger partial charge is 0.484 e. The maximum atomic E-state index is 14.4. The fraction of sp³-hybridized carbons (Fsp3) is 0.375. The number of carbonyl (C=O) groups is 1. The van der Waals surface area contributed by atoms with Crippen molar-refractivity contribution in [2.75, 3.05) is 13.1 Å². The molecule has 0 amide bonds. The second-order valence-electron chi connectivity index (χ2n) is 11.5. The van der Waals surface area contributed by atoms with Crippen molar-refractivity contribution in [1.29, 1.82) is 5.26 Å². The average Bonchev–Trinajstić information content (AvgIpc) is 3.68. The predicted molar refractivity (Wildman–Crippen MR) is 157 cm³/mol. The summed E-state index contributed by atoms with van der Waals surface area (Å²) in [5.74, 6) is -1.17. The molecule has 12 heteroatoms. The Hall–Kier alpha value is -4.27. The first kappa shape index (κ1) is 29.8. The third-order valence-electron chi connectivity index (χ3n) is 8.32. The Morgan fingerprint density at radius 1 is 1.09 bits per heavy atom. The van der Waals surface area contributed by atoms with Crippen LogP contribution >= 0.6 is 11.6 Å². The lowest BCUT2D eigenvalue weighted by Crippen LogP contribution is -2.38. The molecule has 2 aromatic heterocycles. The second-order valence-corrected chi connectivity index (χ2v) is 11.9. The minimum Gasteiger partial charge on any atom is -0.484 e. The van der Waals surface area contributed by atoms with E-state index >= 15 is 0 Å². The zero-order chi connectivity index (χ0) is 30.8. The molecule has 6 rings (SSSR count). The van der Waals surface area contributed by atoms with Gasteiger partial charge in [0.25, 0.3) is 0 Å². The molecule has 3 heterocycles. The number of hydrogen-bond donors (Lipinski definition) is 1. The standard InChI is InChI=1S/C32H30ClF2N5O4/c33-21-2-5-28(24(35)16-21)43-18-26-23(34)3-6-30(38-26)44-22-7-13-39(14-8-22)17-29-37-25-4-1-20(31(41)42)15-27(25)40(29)19-32(9-10-32)11-12-36/h1-6,15-16,22H,7-11,13-14,17-19H2,(H,41,42). The molecule has 1 aliphatic heterocycles. The lowest BCUT2D eigenvalue weighted by molar-refractivity contribution is 0.0697. The molecule has 0 unspecified atom stereocenters. The van der Waals surface area contributed by atoms with E-state index in [1.807, 2.05) is 0 Å². The van der Waals surface area contributed by atoms with Gasteiger partial charge in [-0.3, -0.25) is 4.90 Å². The number of piperidine rings is 1. The highest BCUT2D eigenvalue weighted by Gasteiger charge is 2.43. The van der Waals surface area contributed by atoms with Gasteiger partial charge in [-0.05, 0) is 68.1 Å². The van der Waals surface area contributed by atoms with Gasteiger partial charge in [-0.15, -0.1) is 0 Å². The Kier molecular flexibility index (Phi) is 8.38. The molecular weight excluding hydrogens is 592 g/mol. The molecule has 4 aromatic rings. The fourth-order valence-corrected chi connectivity index (χ4v) is 5.76. The normalized spacial score (nSPS) is 16.5. The highest BCUT2D eigenvalue weighted by Crippen LogP contribution is 2.50. The molecule has 44 heavy (non-hydrogen) atoms. The molecule has 9 nitrogen and oxygen atoms in total. The quantitative estimate of drug-likeness (QED) is 0.205. The van der Waals surface area contributed by atoms with Gasteiger partial charge in [0.2, 0.25) is 5.88 Å². The van der Waals surface area contributed by atoms with Crippen molar-refractivity contribution < 1.29 is 28.2 Å². The van der Waals surface area contributed by atoms with Crippen molar-refractivity contribution in [2.45, 2.75) is 57.9 Å². The Balaban J connectivity index is 1.10. The van der Waals surface area contributed by atoms with Crippen LogP contribution in [0.4, 0.5) is 8.78 Å². The molecule has 2 aliphatic rings. The van der Waals surface area contributed by atoms with Crippen molar-refractivity contribution in [2.24, 2.45) is 5.41 Å². The van der Waals surface area contributed by atoms with Crippen molar-refractivity contribution >= 4 is 28.6 Å². The van der Waals surface area contributed by atoms with E-state index < -0.39 is 17.6 Å². The van der Waals surface area contributed by atoms with Gasteiger partial charge in [0.15, 0.2) is 11.6 Å². The first-order valence-electron chi connectivity index (χ1n) is 14.4. The van der Waals surface area contributed by atoms with Gasteiger partial charge in [-0.25, -0.2) is 23.5 Å². The number of benzene rings is 2. The first-order chi connectivity index (χ1) is 21.2. The molecule has 2 fully saturated rings. The monoisotopic (exact) mass is 621 g/mol. The molecule has 1 aliphatic carbocycles. The third kappa shape index (κ3) is 6.61. The number of carboxylic acids is 1. The summed E-state index contributed by atoms with van der Waals surface area (Å²) in [6.45, 7) is 2.38. The summed E-state index contributed by atoms with van der Waals surface area (Å²) in [5.41, 5.74) is 1.62. The molecule has 0 radical (unpaired) electrons. The molecule has 1 saturated heterocycles. The van der Waals surface area contributed by atoms with Gasteiger partial charge in [-0.1, -0.05) is 11.6 Å². The van der Waals surface area contributed by atoms with Gasteiger partial charge in [0.05, 0.1) is 29.2 Å². The number of hydrogen-bond acceptors (Lipinski definition) is 7. The summed E-state index contributed by atoms with van der Waals surface area (Å²) in [4.78, 5) is 23.0. The number of nitrogens with zero attached hydrogens (tertiary/aromatic N) is 5. The van der Waals surface area contributed by atoms with E-state index in [9.17, 15) is 23.9 Å². The number of pyridine rings is 1. The second kappa shape index (κ2) is 12.4. The van der Waals surface area contributed by atoms with E-state index in [4.69, 9.17) is 26.1 Å². The van der Waals surface area contributed by atoms with Crippen LogP contribution in [0.15, 0.2) is 48.5 Å². The Morgan fingerprint density at radius 2 is 1.89 bits per heavy atom. The van der Waals surface area contributed by atoms with Crippen LogP contribution in [0.2, 0.25) is 5.02 Å². The van der Waals surface area contributed by atoms with E-state index in [1.54, 1.807) is 18.2 Å². The van der Waals surface area contributed by atoms with Gasteiger partial charge < -0.3 is 19.1 Å². The zero-order valence-corrected chi connectivity index (χ0v) is 24.6.